The minimum atomic E-state index is -0.245. The molecule has 2 aromatic heterocycles. The van der Waals surface area contributed by atoms with Crippen LogP contribution >= 0.6 is 11.8 Å². The number of piperazine rings is 1. The van der Waals surface area contributed by atoms with Crippen LogP contribution in [0.2, 0.25) is 0 Å². The van der Waals surface area contributed by atoms with Gasteiger partial charge in [0.1, 0.15) is 0 Å². The Bertz CT molecular complexity index is 1030. The lowest BCUT2D eigenvalue weighted by molar-refractivity contribution is -0.132. The van der Waals surface area contributed by atoms with Gasteiger partial charge in [-0.05, 0) is 44.2 Å². The number of hydrogen-bond acceptors (Lipinski definition) is 6. The van der Waals surface area contributed by atoms with Crippen molar-refractivity contribution < 1.29 is 4.79 Å². The molecule has 1 amide bonds. The molecule has 0 aliphatic carbocycles. The number of carbonyl (C=O) groups excluding carboxylic acids is 1. The second-order valence-corrected chi connectivity index (χ2v) is 8.99. The zero-order valence-electron chi connectivity index (χ0n) is 18.2. The summed E-state index contributed by atoms with van der Waals surface area (Å²) in [5.74, 6) is 0.904. The largest absolute Gasteiger partial charge is 0.339 e. The van der Waals surface area contributed by atoms with E-state index in [2.05, 4.69) is 46.1 Å². The molecule has 1 aromatic carbocycles. The van der Waals surface area contributed by atoms with Crippen molar-refractivity contribution in [2.24, 2.45) is 0 Å². The normalized spacial score (nSPS) is 15.8. The number of thioether (sulfide) groups is 1. The van der Waals surface area contributed by atoms with Crippen molar-refractivity contribution in [1.82, 2.24) is 29.5 Å². The van der Waals surface area contributed by atoms with Crippen molar-refractivity contribution in [3.05, 3.63) is 54.4 Å². The van der Waals surface area contributed by atoms with Crippen LogP contribution in [0.1, 0.15) is 19.4 Å². The number of amides is 1. The van der Waals surface area contributed by atoms with Crippen LogP contribution in [-0.2, 0) is 4.79 Å². The molecule has 8 heteroatoms. The SMILES string of the molecule is CCN1CCN(C(=O)[C@H](C)Sc2nnc(-c3ccncc3)n2-c2ccccc2C)CC1. The number of benzene rings is 1. The van der Waals surface area contributed by atoms with E-state index in [4.69, 9.17) is 0 Å². The van der Waals surface area contributed by atoms with Gasteiger partial charge in [-0.15, -0.1) is 10.2 Å². The number of para-hydroxylation sites is 1. The van der Waals surface area contributed by atoms with E-state index in [0.717, 1.165) is 55.4 Å². The number of pyridine rings is 1. The lowest BCUT2D eigenvalue weighted by Crippen LogP contribution is -2.50. The summed E-state index contributed by atoms with van der Waals surface area (Å²) < 4.78 is 2.05. The Labute approximate surface area is 187 Å². The highest BCUT2D eigenvalue weighted by molar-refractivity contribution is 8.00. The van der Waals surface area contributed by atoms with Crippen LogP contribution in [0, 0.1) is 6.92 Å². The number of aromatic nitrogens is 4. The molecule has 1 saturated heterocycles. The number of carbonyl (C=O) groups is 1. The van der Waals surface area contributed by atoms with Crippen molar-refractivity contribution in [2.75, 3.05) is 32.7 Å². The summed E-state index contributed by atoms with van der Waals surface area (Å²) in [5, 5.41) is 9.43. The second kappa shape index (κ2) is 9.62. The summed E-state index contributed by atoms with van der Waals surface area (Å²) in [6.07, 6.45) is 3.50. The fourth-order valence-electron chi connectivity index (χ4n) is 3.82. The Morgan fingerprint density at radius 1 is 1.06 bits per heavy atom. The number of aryl methyl sites for hydroxylation is 1. The van der Waals surface area contributed by atoms with Crippen molar-refractivity contribution in [2.45, 2.75) is 31.2 Å². The summed E-state index contributed by atoms with van der Waals surface area (Å²) in [5.41, 5.74) is 3.07. The van der Waals surface area contributed by atoms with E-state index < -0.39 is 0 Å². The second-order valence-electron chi connectivity index (χ2n) is 7.68. The first-order valence-electron chi connectivity index (χ1n) is 10.7. The fraction of sp³-hybridized carbons (Fsp3) is 0.391. The molecular formula is C23H28N6OS. The standard InChI is InChI=1S/C23H28N6OS/c1-4-27-13-15-28(16-14-27)22(30)18(3)31-23-26-25-21(19-9-11-24-12-10-19)29(23)20-8-6-5-7-17(20)2/h5-12,18H,4,13-16H2,1-3H3/t18-/m0/s1. The molecule has 7 nitrogen and oxygen atoms in total. The van der Waals surface area contributed by atoms with Crippen LogP contribution in [0.4, 0.5) is 0 Å². The predicted molar refractivity (Wildman–Crippen MR) is 123 cm³/mol. The maximum absolute atomic E-state index is 13.1. The summed E-state index contributed by atoms with van der Waals surface area (Å²) in [4.78, 5) is 21.6. The third kappa shape index (κ3) is 4.65. The van der Waals surface area contributed by atoms with E-state index in [1.165, 1.54) is 11.8 Å². The molecule has 0 unspecified atom stereocenters. The first-order chi connectivity index (χ1) is 15.1. The van der Waals surface area contributed by atoms with E-state index in [1.807, 2.05) is 40.7 Å². The van der Waals surface area contributed by atoms with Gasteiger partial charge in [-0.25, -0.2) is 0 Å². The van der Waals surface area contributed by atoms with Gasteiger partial charge in [0.05, 0.1) is 10.9 Å². The quantitative estimate of drug-likeness (QED) is 0.553. The van der Waals surface area contributed by atoms with Crippen LogP contribution in [0.3, 0.4) is 0 Å². The van der Waals surface area contributed by atoms with E-state index in [-0.39, 0.29) is 11.2 Å². The highest BCUT2D eigenvalue weighted by Gasteiger charge is 2.27. The highest BCUT2D eigenvalue weighted by atomic mass is 32.2. The van der Waals surface area contributed by atoms with Crippen LogP contribution in [0.5, 0.6) is 0 Å². The smallest absolute Gasteiger partial charge is 0.235 e. The molecule has 31 heavy (non-hydrogen) atoms. The first-order valence-corrected chi connectivity index (χ1v) is 11.6. The summed E-state index contributed by atoms with van der Waals surface area (Å²) in [6.45, 7) is 10.7. The zero-order valence-corrected chi connectivity index (χ0v) is 19.0. The summed E-state index contributed by atoms with van der Waals surface area (Å²) >= 11 is 1.47. The Kier molecular flexibility index (Phi) is 6.67. The number of nitrogens with zero attached hydrogens (tertiary/aromatic N) is 6. The molecule has 3 aromatic rings. The molecule has 0 radical (unpaired) electrons. The van der Waals surface area contributed by atoms with Gasteiger partial charge < -0.3 is 9.80 Å². The molecule has 1 fully saturated rings. The molecule has 1 aliphatic rings. The van der Waals surface area contributed by atoms with Gasteiger partial charge in [-0.3, -0.25) is 14.3 Å². The molecular weight excluding hydrogens is 408 g/mol. The topological polar surface area (TPSA) is 67.2 Å². The highest BCUT2D eigenvalue weighted by Crippen LogP contribution is 2.31. The number of rotatable bonds is 6. The van der Waals surface area contributed by atoms with Crippen molar-refractivity contribution >= 4 is 17.7 Å². The maximum atomic E-state index is 13.1. The van der Waals surface area contributed by atoms with Crippen LogP contribution in [-0.4, -0.2) is 73.4 Å². The Balaban J connectivity index is 1.62. The molecule has 0 bridgehead atoms. The molecule has 4 rings (SSSR count). The summed E-state index contributed by atoms with van der Waals surface area (Å²) in [6, 6.07) is 12.0. The zero-order chi connectivity index (χ0) is 21.8. The average molecular weight is 437 g/mol. The lowest BCUT2D eigenvalue weighted by atomic mass is 10.2. The van der Waals surface area contributed by atoms with Crippen LogP contribution in [0.25, 0.3) is 17.1 Å². The average Bonchev–Trinajstić information content (AvgIpc) is 3.22. The van der Waals surface area contributed by atoms with Crippen molar-refractivity contribution in [1.29, 1.82) is 0 Å². The fourth-order valence-corrected chi connectivity index (χ4v) is 4.76. The number of hydrogen-bond donors (Lipinski definition) is 0. The van der Waals surface area contributed by atoms with Gasteiger partial charge in [0.25, 0.3) is 0 Å². The third-order valence-corrected chi connectivity index (χ3v) is 6.72. The molecule has 0 spiro atoms. The Morgan fingerprint density at radius 3 is 2.45 bits per heavy atom. The van der Waals surface area contributed by atoms with E-state index in [1.54, 1.807) is 12.4 Å². The Hall–Kier alpha value is -2.71. The number of likely N-dealkylation sites (N-methyl/N-ethyl adjacent to an activating group) is 1. The molecule has 0 saturated carbocycles. The van der Waals surface area contributed by atoms with E-state index in [9.17, 15) is 4.79 Å². The van der Waals surface area contributed by atoms with Gasteiger partial charge in [0, 0.05) is 44.1 Å². The Morgan fingerprint density at radius 2 is 1.77 bits per heavy atom. The monoisotopic (exact) mass is 436 g/mol. The molecule has 1 atom stereocenters. The van der Waals surface area contributed by atoms with Gasteiger partial charge in [-0.2, -0.15) is 0 Å². The molecule has 162 valence electrons. The molecule has 0 N–H and O–H groups in total. The minimum Gasteiger partial charge on any atom is -0.339 e. The maximum Gasteiger partial charge on any atom is 0.235 e. The molecule has 3 heterocycles. The molecule has 1 aliphatic heterocycles. The van der Waals surface area contributed by atoms with Gasteiger partial charge in [-0.1, -0.05) is 36.9 Å². The predicted octanol–water partition coefficient (Wildman–Crippen LogP) is 3.28. The van der Waals surface area contributed by atoms with Gasteiger partial charge >= 0.3 is 0 Å². The summed E-state index contributed by atoms with van der Waals surface area (Å²) in [7, 11) is 0. The lowest BCUT2D eigenvalue weighted by Gasteiger charge is -2.35. The first kappa shape index (κ1) is 21.5. The van der Waals surface area contributed by atoms with Crippen molar-refractivity contribution in [3.8, 4) is 17.1 Å². The van der Waals surface area contributed by atoms with E-state index >= 15 is 0 Å². The minimum absolute atomic E-state index is 0.158. The van der Waals surface area contributed by atoms with Crippen LogP contribution < -0.4 is 0 Å². The van der Waals surface area contributed by atoms with Gasteiger partial charge in [0.15, 0.2) is 11.0 Å². The van der Waals surface area contributed by atoms with E-state index in [0.29, 0.717) is 5.16 Å². The van der Waals surface area contributed by atoms with Crippen LogP contribution in [0.15, 0.2) is 53.9 Å². The van der Waals surface area contributed by atoms with Gasteiger partial charge in [0.2, 0.25) is 5.91 Å². The van der Waals surface area contributed by atoms with Crippen molar-refractivity contribution in [3.63, 3.8) is 0 Å². The third-order valence-electron chi connectivity index (χ3n) is 5.69.